The van der Waals surface area contributed by atoms with Crippen LogP contribution in [0.25, 0.3) is 0 Å². The predicted molar refractivity (Wildman–Crippen MR) is 87.3 cm³/mol. The van der Waals surface area contributed by atoms with Crippen molar-refractivity contribution in [1.29, 1.82) is 0 Å². The van der Waals surface area contributed by atoms with E-state index >= 15 is 0 Å². The standard InChI is InChI=1S/C18H27NO3/c1-17(2,3)14-7-8-15-13(11-14)12-19(9-10-21-15)16(20)22-18(4,5)6/h7-8,11H,9-10,12H2,1-6H3. The molecule has 0 unspecified atom stereocenters. The zero-order valence-electron chi connectivity index (χ0n) is 14.5. The second-order valence-electron chi connectivity index (χ2n) is 7.82. The van der Waals surface area contributed by atoms with Crippen molar-refractivity contribution >= 4 is 6.09 Å². The maximum absolute atomic E-state index is 12.3. The van der Waals surface area contributed by atoms with Crippen molar-refractivity contribution in [1.82, 2.24) is 4.90 Å². The van der Waals surface area contributed by atoms with E-state index in [1.807, 2.05) is 26.8 Å². The van der Waals surface area contributed by atoms with Gasteiger partial charge in [-0.15, -0.1) is 0 Å². The lowest BCUT2D eigenvalue weighted by Gasteiger charge is -2.26. The molecule has 0 saturated heterocycles. The summed E-state index contributed by atoms with van der Waals surface area (Å²) in [5.41, 5.74) is 1.86. The van der Waals surface area contributed by atoms with Gasteiger partial charge in [0.2, 0.25) is 0 Å². The number of rotatable bonds is 0. The molecule has 4 heteroatoms. The quantitative estimate of drug-likeness (QED) is 0.724. The van der Waals surface area contributed by atoms with Crippen molar-refractivity contribution in [3.05, 3.63) is 29.3 Å². The minimum absolute atomic E-state index is 0.0675. The number of nitrogens with zero attached hydrogens (tertiary/aromatic N) is 1. The number of benzene rings is 1. The molecule has 4 nitrogen and oxygen atoms in total. The molecule has 1 aromatic carbocycles. The molecule has 0 aromatic heterocycles. The maximum Gasteiger partial charge on any atom is 0.410 e. The molecular weight excluding hydrogens is 278 g/mol. The van der Waals surface area contributed by atoms with E-state index in [-0.39, 0.29) is 11.5 Å². The molecular formula is C18H27NO3. The van der Waals surface area contributed by atoms with Gasteiger partial charge >= 0.3 is 6.09 Å². The third-order valence-corrected chi connectivity index (χ3v) is 3.56. The fourth-order valence-electron chi connectivity index (χ4n) is 2.34. The van der Waals surface area contributed by atoms with Crippen LogP contribution in [0.5, 0.6) is 5.75 Å². The average Bonchev–Trinajstić information content (AvgIpc) is 2.56. The van der Waals surface area contributed by atoms with Gasteiger partial charge in [0.1, 0.15) is 18.0 Å². The Morgan fingerprint density at radius 3 is 2.45 bits per heavy atom. The molecule has 1 amide bonds. The van der Waals surface area contributed by atoms with E-state index in [0.29, 0.717) is 19.7 Å². The molecule has 122 valence electrons. The number of hydrogen-bond donors (Lipinski definition) is 0. The molecule has 0 spiro atoms. The second-order valence-corrected chi connectivity index (χ2v) is 7.82. The molecule has 0 radical (unpaired) electrons. The Morgan fingerprint density at radius 1 is 1.18 bits per heavy atom. The summed E-state index contributed by atoms with van der Waals surface area (Å²) in [6, 6.07) is 6.24. The van der Waals surface area contributed by atoms with Crippen LogP contribution in [-0.4, -0.2) is 29.7 Å². The largest absolute Gasteiger partial charge is 0.491 e. The first-order valence-electron chi connectivity index (χ1n) is 7.80. The summed E-state index contributed by atoms with van der Waals surface area (Å²) in [5, 5.41) is 0. The van der Waals surface area contributed by atoms with Crippen molar-refractivity contribution in [3.63, 3.8) is 0 Å². The molecule has 22 heavy (non-hydrogen) atoms. The number of amides is 1. The van der Waals surface area contributed by atoms with E-state index in [2.05, 4.69) is 32.9 Å². The smallest absolute Gasteiger partial charge is 0.410 e. The van der Waals surface area contributed by atoms with Gasteiger partial charge in [-0.1, -0.05) is 26.8 Å². The van der Waals surface area contributed by atoms with Gasteiger partial charge in [-0.25, -0.2) is 4.79 Å². The Bertz CT molecular complexity index is 552. The summed E-state index contributed by atoms with van der Waals surface area (Å²) in [6.45, 7) is 13.7. The van der Waals surface area contributed by atoms with Gasteiger partial charge in [0.25, 0.3) is 0 Å². The van der Waals surface area contributed by atoms with Gasteiger partial charge in [-0.3, -0.25) is 0 Å². The third kappa shape index (κ3) is 4.15. The highest BCUT2D eigenvalue weighted by molar-refractivity contribution is 5.68. The van der Waals surface area contributed by atoms with Crippen LogP contribution in [0.3, 0.4) is 0 Å². The van der Waals surface area contributed by atoms with Gasteiger partial charge in [-0.2, -0.15) is 0 Å². The lowest BCUT2D eigenvalue weighted by atomic mass is 9.86. The Balaban J connectivity index is 2.23. The predicted octanol–water partition coefficient (Wildman–Crippen LogP) is 4.11. The Labute approximate surface area is 133 Å². The summed E-state index contributed by atoms with van der Waals surface area (Å²) in [4.78, 5) is 14.0. The molecule has 0 N–H and O–H groups in total. The Kier molecular flexibility index (Phi) is 4.41. The van der Waals surface area contributed by atoms with E-state index < -0.39 is 5.60 Å². The fourth-order valence-corrected chi connectivity index (χ4v) is 2.34. The van der Waals surface area contributed by atoms with Gasteiger partial charge in [0.15, 0.2) is 0 Å². The lowest BCUT2D eigenvalue weighted by Crippen LogP contribution is -2.37. The summed E-state index contributed by atoms with van der Waals surface area (Å²) in [7, 11) is 0. The monoisotopic (exact) mass is 305 g/mol. The molecule has 0 atom stereocenters. The average molecular weight is 305 g/mol. The van der Waals surface area contributed by atoms with Crippen LogP contribution in [0.15, 0.2) is 18.2 Å². The van der Waals surface area contributed by atoms with Crippen molar-refractivity contribution in [2.24, 2.45) is 0 Å². The zero-order chi connectivity index (χ0) is 16.5. The fraction of sp³-hybridized carbons (Fsp3) is 0.611. The van der Waals surface area contributed by atoms with Crippen LogP contribution in [0.1, 0.15) is 52.7 Å². The van der Waals surface area contributed by atoms with Crippen LogP contribution in [0.2, 0.25) is 0 Å². The summed E-state index contributed by atoms with van der Waals surface area (Å²) in [5.74, 6) is 0.860. The zero-order valence-corrected chi connectivity index (χ0v) is 14.5. The third-order valence-electron chi connectivity index (χ3n) is 3.56. The minimum atomic E-state index is -0.486. The molecule has 0 fully saturated rings. The van der Waals surface area contributed by atoms with Crippen LogP contribution in [0, 0.1) is 0 Å². The van der Waals surface area contributed by atoms with Crippen molar-refractivity contribution in [2.45, 2.75) is 59.1 Å². The van der Waals surface area contributed by atoms with E-state index in [9.17, 15) is 4.79 Å². The van der Waals surface area contributed by atoms with Gasteiger partial charge in [0.05, 0.1) is 13.1 Å². The minimum Gasteiger partial charge on any atom is -0.491 e. The second kappa shape index (κ2) is 5.82. The van der Waals surface area contributed by atoms with Gasteiger partial charge < -0.3 is 14.4 Å². The normalized spacial score (nSPS) is 15.6. The van der Waals surface area contributed by atoms with E-state index in [1.54, 1.807) is 4.90 Å². The molecule has 1 aliphatic heterocycles. The first-order valence-corrected chi connectivity index (χ1v) is 7.80. The number of ether oxygens (including phenoxy) is 2. The van der Waals surface area contributed by atoms with Gasteiger partial charge in [0, 0.05) is 5.56 Å². The molecule has 1 aromatic rings. The topological polar surface area (TPSA) is 38.8 Å². The SMILES string of the molecule is CC(C)(C)OC(=O)N1CCOc2ccc(C(C)(C)C)cc2C1. The van der Waals surface area contributed by atoms with E-state index in [4.69, 9.17) is 9.47 Å². The molecule has 0 saturated carbocycles. The van der Waals surface area contributed by atoms with Crippen molar-refractivity contribution in [2.75, 3.05) is 13.2 Å². The Hall–Kier alpha value is -1.71. The highest BCUT2D eigenvalue weighted by Crippen LogP contribution is 2.30. The molecule has 0 aliphatic carbocycles. The summed E-state index contributed by atoms with van der Waals surface area (Å²) < 4.78 is 11.3. The number of hydrogen-bond acceptors (Lipinski definition) is 3. The van der Waals surface area contributed by atoms with Crippen molar-refractivity contribution in [3.8, 4) is 5.75 Å². The molecule has 0 bridgehead atoms. The Morgan fingerprint density at radius 2 is 1.86 bits per heavy atom. The van der Waals surface area contributed by atoms with Crippen molar-refractivity contribution < 1.29 is 14.3 Å². The van der Waals surface area contributed by atoms with Crippen LogP contribution in [-0.2, 0) is 16.7 Å². The highest BCUT2D eigenvalue weighted by Gasteiger charge is 2.26. The number of carbonyl (C=O) groups is 1. The van der Waals surface area contributed by atoms with E-state index in [0.717, 1.165) is 11.3 Å². The number of fused-ring (bicyclic) bond motifs is 1. The molecule has 1 heterocycles. The van der Waals surface area contributed by atoms with Crippen LogP contribution < -0.4 is 4.74 Å². The van der Waals surface area contributed by atoms with Crippen LogP contribution in [0.4, 0.5) is 4.79 Å². The summed E-state index contributed by atoms with van der Waals surface area (Å²) >= 11 is 0. The van der Waals surface area contributed by atoms with Crippen LogP contribution >= 0.6 is 0 Å². The summed E-state index contributed by atoms with van der Waals surface area (Å²) in [6.07, 6.45) is -0.287. The van der Waals surface area contributed by atoms with E-state index in [1.165, 1.54) is 5.56 Å². The highest BCUT2D eigenvalue weighted by atomic mass is 16.6. The molecule has 2 rings (SSSR count). The first-order chi connectivity index (χ1) is 10.1. The number of carbonyl (C=O) groups excluding carboxylic acids is 1. The lowest BCUT2D eigenvalue weighted by molar-refractivity contribution is 0.0225. The van der Waals surface area contributed by atoms with Gasteiger partial charge in [-0.05, 0) is 43.9 Å². The molecule has 1 aliphatic rings. The maximum atomic E-state index is 12.3. The first kappa shape index (κ1) is 16.7.